The molecule has 0 saturated carbocycles. The van der Waals surface area contributed by atoms with Crippen LogP contribution in [0.25, 0.3) is 5.65 Å². The van der Waals surface area contributed by atoms with Crippen molar-refractivity contribution in [2.75, 3.05) is 18.4 Å². The lowest BCUT2D eigenvalue weighted by molar-refractivity contribution is 0.0206. The molecule has 0 aromatic carbocycles. The van der Waals surface area contributed by atoms with Crippen molar-refractivity contribution in [3.63, 3.8) is 0 Å². The number of likely N-dealkylation sites (tertiary alicyclic amines) is 1. The van der Waals surface area contributed by atoms with E-state index in [1.807, 2.05) is 25.2 Å². The molecule has 0 aliphatic carbocycles. The zero-order valence-electron chi connectivity index (χ0n) is 14.7. The maximum absolute atomic E-state index is 12.3. The molecule has 10 heteroatoms. The second-order valence-electron chi connectivity index (χ2n) is 7.19. The highest BCUT2D eigenvalue weighted by atomic mass is 127. The van der Waals surface area contributed by atoms with E-state index in [9.17, 15) is 4.79 Å². The van der Waals surface area contributed by atoms with Gasteiger partial charge in [-0.1, -0.05) is 11.6 Å². The van der Waals surface area contributed by atoms with Gasteiger partial charge in [0, 0.05) is 19.1 Å². The van der Waals surface area contributed by atoms with Crippen molar-refractivity contribution in [2.45, 2.75) is 45.3 Å². The van der Waals surface area contributed by atoms with E-state index in [0.29, 0.717) is 34.3 Å². The summed E-state index contributed by atoms with van der Waals surface area (Å²) < 4.78 is 8.76. The molecule has 1 fully saturated rings. The van der Waals surface area contributed by atoms with Crippen LogP contribution in [-0.2, 0) is 4.74 Å². The number of piperidine rings is 1. The summed E-state index contributed by atoms with van der Waals surface area (Å²) in [6.07, 6.45) is 3.29. The molecule has 1 amide bonds. The highest BCUT2D eigenvalue weighted by molar-refractivity contribution is 14.1. The molecule has 1 N–H and O–H groups in total. The summed E-state index contributed by atoms with van der Waals surface area (Å²) in [6.45, 7) is 6.87. The first-order valence-electron chi connectivity index (χ1n) is 8.28. The molecular weight excluding hydrogens is 536 g/mol. The Balaban J connectivity index is 1.78. The Hall–Kier alpha value is -0.810. The van der Waals surface area contributed by atoms with Crippen molar-refractivity contribution in [2.24, 2.45) is 0 Å². The highest BCUT2D eigenvalue weighted by Gasteiger charge is 2.28. The van der Waals surface area contributed by atoms with E-state index in [1.54, 1.807) is 11.1 Å². The summed E-state index contributed by atoms with van der Waals surface area (Å²) in [5.41, 5.74) is 0.163. The van der Waals surface area contributed by atoms with Crippen LogP contribution in [-0.4, -0.2) is 50.1 Å². The number of ether oxygens (including phenoxy) is 1. The third-order valence-corrected chi connectivity index (χ3v) is 5.81. The number of anilines is 1. The van der Waals surface area contributed by atoms with Crippen LogP contribution >= 0.6 is 50.1 Å². The molecule has 142 valence electrons. The van der Waals surface area contributed by atoms with E-state index in [1.165, 1.54) is 0 Å². The van der Waals surface area contributed by atoms with E-state index in [0.717, 1.165) is 16.5 Å². The first-order chi connectivity index (χ1) is 12.2. The summed E-state index contributed by atoms with van der Waals surface area (Å²) in [6, 6.07) is 0.0648. The molecule has 3 heterocycles. The number of hydrogen-bond donors (Lipinski definition) is 1. The van der Waals surface area contributed by atoms with Crippen LogP contribution in [0.1, 0.15) is 33.6 Å². The van der Waals surface area contributed by atoms with Crippen LogP contribution in [0.4, 0.5) is 10.6 Å². The lowest BCUT2D eigenvalue weighted by Gasteiger charge is -2.34. The maximum atomic E-state index is 12.3. The van der Waals surface area contributed by atoms with Gasteiger partial charge in [0.1, 0.15) is 19.1 Å². The average Bonchev–Trinajstić information content (AvgIpc) is 2.93. The number of aromatic nitrogens is 3. The number of carbonyl (C=O) groups excluding carboxylic acids is 1. The van der Waals surface area contributed by atoms with Crippen molar-refractivity contribution >= 4 is 67.7 Å². The zero-order chi connectivity index (χ0) is 19.1. The van der Waals surface area contributed by atoms with Crippen molar-refractivity contribution in [3.8, 4) is 0 Å². The minimum Gasteiger partial charge on any atom is -0.444 e. The van der Waals surface area contributed by atoms with Gasteiger partial charge in [0.15, 0.2) is 11.5 Å². The molecule has 0 bridgehead atoms. The van der Waals surface area contributed by atoms with Gasteiger partial charge in [-0.25, -0.2) is 14.8 Å². The second-order valence-corrected chi connectivity index (χ2v) is 9.41. The first-order valence-corrected chi connectivity index (χ1v) is 10.5. The molecule has 0 unspecified atom stereocenters. The number of amides is 1. The van der Waals surface area contributed by atoms with Crippen LogP contribution in [0.3, 0.4) is 0 Å². The number of rotatable bonds is 2. The van der Waals surface area contributed by atoms with Gasteiger partial charge in [-0.15, -0.1) is 0 Å². The van der Waals surface area contributed by atoms with Crippen LogP contribution < -0.4 is 5.32 Å². The first kappa shape index (κ1) is 19.9. The second kappa shape index (κ2) is 7.67. The van der Waals surface area contributed by atoms with E-state index >= 15 is 0 Å². The van der Waals surface area contributed by atoms with Crippen molar-refractivity contribution < 1.29 is 9.53 Å². The Labute approximate surface area is 179 Å². The minimum absolute atomic E-state index is 0.0648. The molecule has 2 aromatic rings. The lowest BCUT2D eigenvalue weighted by atomic mass is 10.1. The normalized spacial score (nSPS) is 18.2. The molecule has 0 radical (unpaired) electrons. The average molecular weight is 557 g/mol. The number of carbonyl (C=O) groups is 1. The van der Waals surface area contributed by atoms with Crippen LogP contribution in [0.2, 0.25) is 5.15 Å². The topological polar surface area (TPSA) is 71.8 Å². The quantitative estimate of drug-likeness (QED) is 0.550. The molecule has 1 atom stereocenters. The largest absolute Gasteiger partial charge is 0.444 e. The third-order valence-electron chi connectivity index (χ3n) is 3.92. The molecule has 1 aliphatic heterocycles. The SMILES string of the molecule is CC(C)(C)OC(=O)N1CCC[C@H](Nc2nc(Br)c(Cl)n3c(I)cnc23)C1. The number of imidazole rings is 1. The van der Waals surface area contributed by atoms with E-state index in [4.69, 9.17) is 16.3 Å². The van der Waals surface area contributed by atoms with Crippen LogP contribution in [0.15, 0.2) is 10.8 Å². The predicted molar refractivity (Wildman–Crippen MR) is 113 cm³/mol. The Morgan fingerprint density at radius 2 is 2.23 bits per heavy atom. The smallest absolute Gasteiger partial charge is 0.410 e. The summed E-state index contributed by atoms with van der Waals surface area (Å²) >= 11 is 11.9. The zero-order valence-corrected chi connectivity index (χ0v) is 19.2. The Morgan fingerprint density at radius 1 is 1.50 bits per heavy atom. The van der Waals surface area contributed by atoms with E-state index in [-0.39, 0.29) is 12.1 Å². The lowest BCUT2D eigenvalue weighted by Crippen LogP contribution is -2.47. The maximum Gasteiger partial charge on any atom is 0.410 e. The Kier molecular flexibility index (Phi) is 5.88. The van der Waals surface area contributed by atoms with E-state index < -0.39 is 5.60 Å². The van der Waals surface area contributed by atoms with Gasteiger partial charge in [0.25, 0.3) is 0 Å². The fraction of sp³-hybridized carbons (Fsp3) is 0.562. The van der Waals surface area contributed by atoms with Gasteiger partial charge in [-0.05, 0) is 72.1 Å². The standard InChI is InChI=1S/C16H20BrClIN5O2/c1-16(2,3)26-15(25)23-6-4-5-9(8-23)21-13-14-20-7-10(19)24(14)12(18)11(17)22-13/h7,9H,4-6,8H2,1-3H3,(H,21,22)/t9-/m0/s1. The van der Waals surface area contributed by atoms with Crippen molar-refractivity contribution in [1.29, 1.82) is 0 Å². The number of fused-ring (bicyclic) bond motifs is 1. The minimum atomic E-state index is -0.501. The molecule has 1 saturated heterocycles. The van der Waals surface area contributed by atoms with Gasteiger partial charge in [0.05, 0.1) is 6.20 Å². The summed E-state index contributed by atoms with van der Waals surface area (Å²) in [5, 5.41) is 3.90. The van der Waals surface area contributed by atoms with E-state index in [2.05, 4.69) is 53.8 Å². The molecular formula is C16H20BrClIN5O2. The molecule has 26 heavy (non-hydrogen) atoms. The van der Waals surface area contributed by atoms with Crippen molar-refractivity contribution in [1.82, 2.24) is 19.3 Å². The Morgan fingerprint density at radius 3 is 2.92 bits per heavy atom. The number of hydrogen-bond acceptors (Lipinski definition) is 5. The monoisotopic (exact) mass is 555 g/mol. The predicted octanol–water partition coefficient (Wildman–Crippen LogP) is 4.56. The summed E-state index contributed by atoms with van der Waals surface area (Å²) in [5.74, 6) is 0.639. The van der Waals surface area contributed by atoms with Gasteiger partial charge < -0.3 is 15.0 Å². The fourth-order valence-corrected chi connectivity index (χ4v) is 4.17. The third kappa shape index (κ3) is 4.36. The fourth-order valence-electron chi connectivity index (χ4n) is 2.85. The number of halogens is 3. The molecule has 3 rings (SSSR count). The molecule has 0 spiro atoms. The molecule has 7 nitrogen and oxygen atoms in total. The van der Waals surface area contributed by atoms with Crippen LogP contribution in [0.5, 0.6) is 0 Å². The van der Waals surface area contributed by atoms with Crippen molar-refractivity contribution in [3.05, 3.63) is 19.7 Å². The summed E-state index contributed by atoms with van der Waals surface area (Å²) in [7, 11) is 0. The molecule has 1 aliphatic rings. The number of nitrogens with one attached hydrogen (secondary N) is 1. The molecule has 2 aromatic heterocycles. The van der Waals surface area contributed by atoms with Gasteiger partial charge >= 0.3 is 6.09 Å². The summed E-state index contributed by atoms with van der Waals surface area (Å²) in [4.78, 5) is 23.0. The van der Waals surface area contributed by atoms with Gasteiger partial charge in [-0.2, -0.15) is 0 Å². The van der Waals surface area contributed by atoms with Gasteiger partial charge in [0.2, 0.25) is 0 Å². The Bertz CT molecular complexity index is 838. The van der Waals surface area contributed by atoms with Crippen LogP contribution in [0, 0.1) is 3.70 Å². The highest BCUT2D eigenvalue weighted by Crippen LogP contribution is 2.29. The van der Waals surface area contributed by atoms with Gasteiger partial charge in [-0.3, -0.25) is 4.40 Å². The number of nitrogens with zero attached hydrogens (tertiary/aromatic N) is 4.